The summed E-state index contributed by atoms with van der Waals surface area (Å²) in [5, 5.41) is 3.01. The summed E-state index contributed by atoms with van der Waals surface area (Å²) >= 11 is 11.5. The molecule has 5 heteroatoms. The molecule has 0 radical (unpaired) electrons. The van der Waals surface area contributed by atoms with Crippen molar-refractivity contribution in [3.63, 3.8) is 0 Å². The molecule has 0 aliphatic carbocycles. The Bertz CT molecular complexity index is 539. The van der Waals surface area contributed by atoms with E-state index in [9.17, 15) is 4.79 Å². The minimum atomic E-state index is -0.312. The normalized spacial score (nSPS) is 12.1. The fourth-order valence-electron chi connectivity index (χ4n) is 1.74. The van der Waals surface area contributed by atoms with Crippen LogP contribution < -0.4 is 5.32 Å². The second-order valence-corrected chi connectivity index (χ2v) is 4.80. The van der Waals surface area contributed by atoms with Crippen LogP contribution in [0.5, 0.6) is 0 Å². The summed E-state index contributed by atoms with van der Waals surface area (Å²) in [6.07, 6.45) is 0.671. The average molecular weight is 298 g/mol. The van der Waals surface area contributed by atoms with E-state index in [1.807, 2.05) is 30.3 Å². The van der Waals surface area contributed by atoms with Gasteiger partial charge in [-0.05, 0) is 35.7 Å². The van der Waals surface area contributed by atoms with Crippen molar-refractivity contribution in [1.82, 2.24) is 5.32 Å². The predicted molar refractivity (Wildman–Crippen MR) is 75.8 cm³/mol. The van der Waals surface area contributed by atoms with E-state index in [4.69, 9.17) is 27.6 Å². The highest BCUT2D eigenvalue weighted by Crippen LogP contribution is 2.13. The van der Waals surface area contributed by atoms with Gasteiger partial charge in [-0.15, -0.1) is 11.6 Å². The van der Waals surface area contributed by atoms with Gasteiger partial charge in [-0.1, -0.05) is 30.3 Å². The number of amides is 1. The molecule has 1 atom stereocenters. The van der Waals surface area contributed by atoms with Crippen LogP contribution in [0.2, 0.25) is 5.22 Å². The first kappa shape index (κ1) is 14.0. The Morgan fingerprint density at radius 1 is 1.21 bits per heavy atom. The van der Waals surface area contributed by atoms with Gasteiger partial charge in [0.2, 0.25) is 0 Å². The molecule has 2 rings (SSSR count). The van der Waals surface area contributed by atoms with Crippen LogP contribution in [0.1, 0.15) is 16.1 Å². The smallest absolute Gasteiger partial charge is 0.287 e. The average Bonchev–Trinajstić information content (AvgIpc) is 2.86. The first-order chi connectivity index (χ1) is 9.19. The van der Waals surface area contributed by atoms with Crippen molar-refractivity contribution in [3.8, 4) is 0 Å². The summed E-state index contributed by atoms with van der Waals surface area (Å²) in [5.41, 5.74) is 1.12. The standard InChI is InChI=1S/C14H13Cl2NO2/c15-9-11(8-10-4-2-1-3-5-10)17-14(18)12-6-7-13(16)19-12/h1-7,11H,8-9H2,(H,17,18). The second-order valence-electron chi connectivity index (χ2n) is 4.12. The molecule has 0 aliphatic heterocycles. The zero-order valence-corrected chi connectivity index (χ0v) is 11.6. The summed E-state index contributed by atoms with van der Waals surface area (Å²) in [4.78, 5) is 11.9. The molecule has 1 aromatic heterocycles. The third kappa shape index (κ3) is 4.01. The number of hydrogen-bond acceptors (Lipinski definition) is 2. The monoisotopic (exact) mass is 297 g/mol. The lowest BCUT2D eigenvalue weighted by molar-refractivity contribution is 0.0912. The van der Waals surface area contributed by atoms with E-state index in [1.165, 1.54) is 12.1 Å². The van der Waals surface area contributed by atoms with Gasteiger partial charge in [0.05, 0.1) is 0 Å². The highest BCUT2D eigenvalue weighted by Gasteiger charge is 2.16. The van der Waals surface area contributed by atoms with Crippen LogP contribution in [0.15, 0.2) is 46.9 Å². The van der Waals surface area contributed by atoms with E-state index in [1.54, 1.807) is 0 Å². The van der Waals surface area contributed by atoms with Crippen molar-refractivity contribution >= 4 is 29.1 Å². The Hall–Kier alpha value is -1.45. The number of furan rings is 1. The molecule has 3 nitrogen and oxygen atoms in total. The number of alkyl halides is 1. The molecule has 100 valence electrons. The first-order valence-corrected chi connectivity index (χ1v) is 6.76. The molecule has 1 heterocycles. The van der Waals surface area contributed by atoms with Crippen molar-refractivity contribution < 1.29 is 9.21 Å². The SMILES string of the molecule is O=C(NC(CCl)Cc1ccccc1)c1ccc(Cl)o1. The van der Waals surface area contributed by atoms with E-state index < -0.39 is 0 Å². The first-order valence-electron chi connectivity index (χ1n) is 5.85. The van der Waals surface area contributed by atoms with Crippen LogP contribution in [0.3, 0.4) is 0 Å². The Morgan fingerprint density at radius 3 is 2.53 bits per heavy atom. The Kier molecular flexibility index (Phi) is 4.88. The molecule has 19 heavy (non-hydrogen) atoms. The number of nitrogens with one attached hydrogen (secondary N) is 1. The quantitative estimate of drug-likeness (QED) is 0.858. The highest BCUT2D eigenvalue weighted by molar-refractivity contribution is 6.29. The van der Waals surface area contributed by atoms with Crippen LogP contribution in [0.25, 0.3) is 0 Å². The lowest BCUT2D eigenvalue weighted by Crippen LogP contribution is -2.37. The molecule has 1 unspecified atom stereocenters. The minimum absolute atomic E-state index is 0.152. The number of hydrogen-bond donors (Lipinski definition) is 1. The van der Waals surface area contributed by atoms with Crippen LogP contribution in [0, 0.1) is 0 Å². The predicted octanol–water partition coefficient (Wildman–Crippen LogP) is 3.51. The van der Waals surface area contributed by atoms with Gasteiger partial charge in [-0.2, -0.15) is 0 Å². The van der Waals surface area contributed by atoms with E-state index in [0.717, 1.165) is 5.56 Å². The molecular weight excluding hydrogens is 285 g/mol. The summed E-state index contributed by atoms with van der Waals surface area (Å²) in [6.45, 7) is 0. The summed E-state index contributed by atoms with van der Waals surface area (Å²) in [6, 6.07) is 12.8. The molecular formula is C14H13Cl2NO2. The van der Waals surface area contributed by atoms with Gasteiger partial charge >= 0.3 is 0 Å². The zero-order valence-electron chi connectivity index (χ0n) is 10.1. The van der Waals surface area contributed by atoms with Crippen molar-refractivity contribution in [1.29, 1.82) is 0 Å². The third-order valence-electron chi connectivity index (χ3n) is 2.64. The Balaban J connectivity index is 1.97. The van der Waals surface area contributed by atoms with E-state index >= 15 is 0 Å². The molecule has 0 spiro atoms. The van der Waals surface area contributed by atoms with Gasteiger partial charge < -0.3 is 9.73 Å². The molecule has 2 aromatic rings. The maximum atomic E-state index is 11.9. The van der Waals surface area contributed by atoms with Crippen molar-refractivity contribution in [3.05, 3.63) is 59.0 Å². The third-order valence-corrected chi connectivity index (χ3v) is 3.22. The van der Waals surface area contributed by atoms with E-state index in [0.29, 0.717) is 12.3 Å². The fraction of sp³-hybridized carbons (Fsp3) is 0.214. The van der Waals surface area contributed by atoms with Crippen molar-refractivity contribution in [2.24, 2.45) is 0 Å². The summed E-state index contributed by atoms with van der Waals surface area (Å²) in [7, 11) is 0. The number of benzene rings is 1. The van der Waals surface area contributed by atoms with Crippen LogP contribution in [-0.4, -0.2) is 17.8 Å². The van der Waals surface area contributed by atoms with Crippen LogP contribution in [-0.2, 0) is 6.42 Å². The summed E-state index contributed by atoms with van der Waals surface area (Å²) < 4.78 is 5.05. The maximum absolute atomic E-state index is 11.9. The largest absolute Gasteiger partial charge is 0.440 e. The maximum Gasteiger partial charge on any atom is 0.287 e. The molecule has 0 fully saturated rings. The Labute approximate surface area is 121 Å². The second kappa shape index (κ2) is 6.64. The molecule has 0 aliphatic rings. The topological polar surface area (TPSA) is 42.2 Å². The fourth-order valence-corrected chi connectivity index (χ4v) is 2.07. The minimum Gasteiger partial charge on any atom is -0.440 e. The van der Waals surface area contributed by atoms with E-state index in [2.05, 4.69) is 5.32 Å². The van der Waals surface area contributed by atoms with Crippen molar-refractivity contribution in [2.75, 3.05) is 5.88 Å². The molecule has 1 N–H and O–H groups in total. The molecule has 0 saturated carbocycles. The number of rotatable bonds is 5. The number of carbonyl (C=O) groups is 1. The van der Waals surface area contributed by atoms with Gasteiger partial charge in [0.1, 0.15) is 0 Å². The molecule has 1 amide bonds. The molecule has 0 saturated heterocycles. The highest BCUT2D eigenvalue weighted by atomic mass is 35.5. The van der Waals surface area contributed by atoms with Crippen LogP contribution >= 0.6 is 23.2 Å². The van der Waals surface area contributed by atoms with Crippen LogP contribution in [0.4, 0.5) is 0 Å². The lowest BCUT2D eigenvalue weighted by atomic mass is 10.1. The van der Waals surface area contributed by atoms with Gasteiger partial charge in [0, 0.05) is 11.9 Å². The van der Waals surface area contributed by atoms with Gasteiger partial charge in [-0.3, -0.25) is 4.79 Å². The van der Waals surface area contributed by atoms with Gasteiger partial charge in [0.15, 0.2) is 11.0 Å². The number of halogens is 2. The number of carbonyl (C=O) groups excluding carboxylic acids is 1. The van der Waals surface area contributed by atoms with E-state index in [-0.39, 0.29) is 22.9 Å². The van der Waals surface area contributed by atoms with Gasteiger partial charge in [0.25, 0.3) is 5.91 Å². The van der Waals surface area contributed by atoms with Crippen molar-refractivity contribution in [2.45, 2.75) is 12.5 Å². The lowest BCUT2D eigenvalue weighted by Gasteiger charge is -2.15. The summed E-state index contributed by atoms with van der Waals surface area (Å²) in [5.74, 6) is 0.205. The zero-order chi connectivity index (χ0) is 13.7. The molecule has 1 aromatic carbocycles. The molecule has 0 bridgehead atoms. The Morgan fingerprint density at radius 2 is 1.95 bits per heavy atom. The van der Waals surface area contributed by atoms with Gasteiger partial charge in [-0.25, -0.2) is 0 Å².